The molecule has 0 aliphatic rings. The second-order valence-corrected chi connectivity index (χ2v) is 6.80. The Bertz CT molecular complexity index is 1220. The Balaban J connectivity index is 1.59. The summed E-state index contributed by atoms with van der Waals surface area (Å²) in [6.07, 6.45) is 0.272. The minimum absolute atomic E-state index is 0.139. The van der Waals surface area contributed by atoms with Gasteiger partial charge in [-0.15, -0.1) is 0 Å². The number of halogens is 1. The van der Waals surface area contributed by atoms with E-state index in [1.807, 2.05) is 48.5 Å². The Hall–Kier alpha value is -3.37. The molecule has 0 radical (unpaired) electrons. The number of nitrogens with one attached hydrogen (secondary N) is 1. The van der Waals surface area contributed by atoms with E-state index in [-0.39, 0.29) is 12.3 Å². The predicted octanol–water partition coefficient (Wildman–Crippen LogP) is 5.29. The molecule has 0 fully saturated rings. The summed E-state index contributed by atoms with van der Waals surface area (Å²) in [5, 5.41) is 4.00. The van der Waals surface area contributed by atoms with Crippen LogP contribution in [-0.4, -0.2) is 5.91 Å². The molecule has 0 aliphatic heterocycles. The first-order valence-corrected chi connectivity index (χ1v) is 9.14. The van der Waals surface area contributed by atoms with Crippen LogP contribution < -0.4 is 10.9 Å². The van der Waals surface area contributed by atoms with Gasteiger partial charge in [0, 0.05) is 16.6 Å². The van der Waals surface area contributed by atoms with E-state index >= 15 is 0 Å². The molecule has 28 heavy (non-hydrogen) atoms. The van der Waals surface area contributed by atoms with Crippen LogP contribution in [-0.2, 0) is 11.2 Å². The predicted molar refractivity (Wildman–Crippen MR) is 112 cm³/mol. The molecule has 0 unspecified atom stereocenters. The number of fused-ring (bicyclic) bond motifs is 1. The van der Waals surface area contributed by atoms with Crippen molar-refractivity contribution in [2.24, 2.45) is 0 Å². The van der Waals surface area contributed by atoms with Crippen molar-refractivity contribution in [3.8, 4) is 11.1 Å². The minimum atomic E-state index is -0.457. The molecule has 5 heteroatoms. The number of carbonyl (C=O) groups is 1. The molecule has 4 rings (SSSR count). The van der Waals surface area contributed by atoms with E-state index in [0.29, 0.717) is 27.4 Å². The molecule has 4 nitrogen and oxygen atoms in total. The van der Waals surface area contributed by atoms with Gasteiger partial charge in [-0.05, 0) is 29.8 Å². The van der Waals surface area contributed by atoms with Gasteiger partial charge >= 0.3 is 5.63 Å². The third-order valence-corrected chi connectivity index (χ3v) is 4.70. The zero-order valence-corrected chi connectivity index (χ0v) is 15.6. The fourth-order valence-corrected chi connectivity index (χ4v) is 3.33. The van der Waals surface area contributed by atoms with E-state index in [1.54, 1.807) is 30.3 Å². The molecule has 1 aromatic heterocycles. The third kappa shape index (κ3) is 3.82. The maximum absolute atomic E-state index is 12.4. The molecule has 0 saturated heterocycles. The molecule has 0 spiro atoms. The highest BCUT2D eigenvalue weighted by Crippen LogP contribution is 2.30. The van der Waals surface area contributed by atoms with Gasteiger partial charge in [-0.3, -0.25) is 4.79 Å². The zero-order chi connectivity index (χ0) is 19.5. The van der Waals surface area contributed by atoms with Crippen LogP contribution in [0.15, 0.2) is 88.1 Å². The number of para-hydroxylation sites is 1. The summed E-state index contributed by atoms with van der Waals surface area (Å²) in [5.41, 5.74) is 2.50. The van der Waals surface area contributed by atoms with E-state index in [0.717, 1.165) is 10.9 Å². The molecule has 0 atom stereocenters. The lowest BCUT2D eigenvalue weighted by Crippen LogP contribution is -2.14. The van der Waals surface area contributed by atoms with Crippen molar-refractivity contribution < 1.29 is 9.21 Å². The van der Waals surface area contributed by atoms with Crippen LogP contribution in [0.2, 0.25) is 5.02 Å². The van der Waals surface area contributed by atoms with Gasteiger partial charge in [0.05, 0.1) is 17.0 Å². The van der Waals surface area contributed by atoms with Gasteiger partial charge in [-0.2, -0.15) is 0 Å². The molecule has 4 aromatic rings. The smallest absolute Gasteiger partial charge is 0.344 e. The Morgan fingerprint density at radius 3 is 2.43 bits per heavy atom. The van der Waals surface area contributed by atoms with Crippen molar-refractivity contribution >= 4 is 34.2 Å². The van der Waals surface area contributed by atoms with Crippen LogP contribution in [0, 0.1) is 0 Å². The number of amides is 1. The molecule has 3 aromatic carbocycles. The van der Waals surface area contributed by atoms with Crippen molar-refractivity contribution in [2.45, 2.75) is 6.42 Å². The maximum Gasteiger partial charge on any atom is 0.344 e. The highest BCUT2D eigenvalue weighted by molar-refractivity contribution is 6.33. The van der Waals surface area contributed by atoms with Crippen LogP contribution in [0.3, 0.4) is 0 Å². The maximum atomic E-state index is 12.4. The molecule has 0 aliphatic carbocycles. The van der Waals surface area contributed by atoms with Gasteiger partial charge in [0.15, 0.2) is 0 Å². The second-order valence-electron chi connectivity index (χ2n) is 6.39. The summed E-state index contributed by atoms with van der Waals surface area (Å²) in [4.78, 5) is 24.6. The average molecular weight is 390 g/mol. The second kappa shape index (κ2) is 7.71. The van der Waals surface area contributed by atoms with E-state index in [4.69, 9.17) is 16.0 Å². The Morgan fingerprint density at radius 1 is 0.893 bits per heavy atom. The molecule has 1 heterocycles. The molecule has 0 saturated carbocycles. The summed E-state index contributed by atoms with van der Waals surface area (Å²) >= 11 is 6.40. The van der Waals surface area contributed by atoms with Crippen molar-refractivity contribution in [3.63, 3.8) is 0 Å². The lowest BCUT2D eigenvalue weighted by Gasteiger charge is -2.09. The van der Waals surface area contributed by atoms with Crippen LogP contribution in [0.4, 0.5) is 5.69 Å². The number of hydrogen-bond donors (Lipinski definition) is 1. The monoisotopic (exact) mass is 389 g/mol. The lowest BCUT2D eigenvalue weighted by molar-refractivity contribution is -0.115. The highest BCUT2D eigenvalue weighted by Gasteiger charge is 2.12. The lowest BCUT2D eigenvalue weighted by atomic mass is 10.1. The summed E-state index contributed by atoms with van der Waals surface area (Å²) in [6, 6.07) is 23.6. The first-order chi connectivity index (χ1) is 13.6. The van der Waals surface area contributed by atoms with Gasteiger partial charge in [-0.25, -0.2) is 4.79 Å². The topological polar surface area (TPSA) is 59.3 Å². The molecule has 1 N–H and O–H groups in total. The summed E-state index contributed by atoms with van der Waals surface area (Å²) < 4.78 is 5.38. The fourth-order valence-electron chi connectivity index (χ4n) is 3.05. The van der Waals surface area contributed by atoms with Gasteiger partial charge in [0.2, 0.25) is 5.91 Å². The van der Waals surface area contributed by atoms with Gasteiger partial charge in [-0.1, -0.05) is 66.2 Å². The Morgan fingerprint density at radius 2 is 1.64 bits per heavy atom. The summed E-state index contributed by atoms with van der Waals surface area (Å²) in [7, 11) is 0. The van der Waals surface area contributed by atoms with Gasteiger partial charge in [0.1, 0.15) is 5.58 Å². The number of anilines is 1. The average Bonchev–Trinajstić information content (AvgIpc) is 2.68. The zero-order valence-electron chi connectivity index (χ0n) is 14.8. The van der Waals surface area contributed by atoms with Crippen LogP contribution in [0.25, 0.3) is 22.1 Å². The molecular formula is C23H16ClNO3. The number of benzene rings is 3. The van der Waals surface area contributed by atoms with Crippen molar-refractivity contribution in [3.05, 3.63) is 99.9 Å². The third-order valence-electron chi connectivity index (χ3n) is 4.39. The Labute approximate surface area is 166 Å². The van der Waals surface area contributed by atoms with Gasteiger partial charge in [0.25, 0.3) is 0 Å². The van der Waals surface area contributed by atoms with E-state index in [2.05, 4.69) is 5.32 Å². The normalized spacial score (nSPS) is 10.8. The number of hydrogen-bond acceptors (Lipinski definition) is 3. The first-order valence-electron chi connectivity index (χ1n) is 8.77. The fraction of sp³-hybridized carbons (Fsp3) is 0.0435. The largest absolute Gasteiger partial charge is 0.422 e. The van der Waals surface area contributed by atoms with Crippen molar-refractivity contribution in [1.29, 1.82) is 0 Å². The van der Waals surface area contributed by atoms with Crippen molar-refractivity contribution in [2.75, 3.05) is 5.32 Å². The standard InChI is InChI=1S/C23H16ClNO3/c24-20-14-17(25-22(26)12-15-6-2-1-3-7-15)10-11-18(20)19-13-16-8-4-5-9-21(16)28-23(19)27/h1-11,13-14H,12H2,(H,25,26). The number of rotatable bonds is 4. The first kappa shape index (κ1) is 18.0. The molecule has 1 amide bonds. The van der Waals surface area contributed by atoms with E-state index < -0.39 is 5.63 Å². The quantitative estimate of drug-likeness (QED) is 0.482. The SMILES string of the molecule is O=C(Cc1ccccc1)Nc1ccc(-c2cc3ccccc3oc2=O)c(Cl)c1. The number of carbonyl (C=O) groups excluding carboxylic acids is 1. The molecule has 0 bridgehead atoms. The van der Waals surface area contributed by atoms with Gasteiger partial charge < -0.3 is 9.73 Å². The Kier molecular flexibility index (Phi) is 4.96. The van der Waals surface area contributed by atoms with Crippen LogP contribution >= 0.6 is 11.6 Å². The summed E-state index contributed by atoms with van der Waals surface area (Å²) in [5.74, 6) is -0.139. The van der Waals surface area contributed by atoms with Crippen LogP contribution in [0.1, 0.15) is 5.56 Å². The van der Waals surface area contributed by atoms with E-state index in [1.165, 1.54) is 0 Å². The highest BCUT2D eigenvalue weighted by atomic mass is 35.5. The van der Waals surface area contributed by atoms with Crippen molar-refractivity contribution in [1.82, 2.24) is 0 Å². The summed E-state index contributed by atoms with van der Waals surface area (Å²) in [6.45, 7) is 0. The molecular weight excluding hydrogens is 374 g/mol. The van der Waals surface area contributed by atoms with E-state index in [9.17, 15) is 9.59 Å². The minimum Gasteiger partial charge on any atom is -0.422 e. The van der Waals surface area contributed by atoms with Crippen LogP contribution in [0.5, 0.6) is 0 Å². The molecule has 138 valence electrons.